The van der Waals surface area contributed by atoms with Crippen LogP contribution in [0.3, 0.4) is 0 Å². The Morgan fingerprint density at radius 3 is 1.38 bits per heavy atom. The second-order valence-electron chi connectivity index (χ2n) is 19.6. The first-order valence-corrected chi connectivity index (χ1v) is 23.8. The lowest BCUT2D eigenvalue weighted by Gasteiger charge is -2.25. The van der Waals surface area contributed by atoms with Gasteiger partial charge < -0.3 is 61.5 Å². The number of rotatable bonds is 21. The Bertz CT molecular complexity index is 2390. The van der Waals surface area contributed by atoms with Gasteiger partial charge in [0.2, 0.25) is 11.8 Å². The lowest BCUT2D eigenvalue weighted by Crippen LogP contribution is -2.36. The average Bonchev–Trinajstić information content (AvgIpc) is 3.96. The third-order valence-corrected chi connectivity index (χ3v) is 10.9. The minimum atomic E-state index is -5.08. The zero-order chi connectivity index (χ0) is 55.3. The Morgan fingerprint density at radius 1 is 0.649 bits per heavy atom. The molecule has 3 unspecified atom stereocenters. The van der Waals surface area contributed by atoms with E-state index in [0.29, 0.717) is 37.1 Å². The molecular weight excluding hydrogens is 993 g/mol. The molecule has 10 N–H and O–H groups in total. The monoisotopic (exact) mass is 1060 g/mol. The minimum absolute atomic E-state index is 0.0965. The van der Waals surface area contributed by atoms with Crippen LogP contribution in [0.4, 0.5) is 58.7 Å². The van der Waals surface area contributed by atoms with Gasteiger partial charge in [-0.2, -0.15) is 31.5 Å². The summed E-state index contributed by atoms with van der Waals surface area (Å²) in [6, 6.07) is 0.0678. The number of nitrogens with one attached hydrogen (secondary N) is 6. The summed E-state index contributed by atoms with van der Waals surface area (Å²) in [5, 5.41) is 20.9. The zero-order valence-corrected chi connectivity index (χ0v) is 42.0. The molecule has 3 atom stereocenters. The van der Waals surface area contributed by atoms with Crippen molar-refractivity contribution in [2.24, 2.45) is 16.6 Å². The normalized spacial score (nSPS) is 16.5. The fraction of sp³-hybridized carbons (Fsp3) is 0.596. The van der Waals surface area contributed by atoms with Gasteiger partial charge in [0.05, 0.1) is 52.7 Å². The van der Waals surface area contributed by atoms with Crippen molar-refractivity contribution in [1.29, 1.82) is 10.9 Å². The molecule has 0 radical (unpaired) electrons. The van der Waals surface area contributed by atoms with Gasteiger partial charge in [-0.1, -0.05) is 0 Å². The molecule has 2 aliphatic rings. The molecule has 21 nitrogen and oxygen atoms in total. The van der Waals surface area contributed by atoms with E-state index in [1.54, 1.807) is 41.5 Å². The number of carbonyl (C=O) groups is 6. The highest BCUT2D eigenvalue weighted by Gasteiger charge is 2.39. The van der Waals surface area contributed by atoms with Gasteiger partial charge in [0, 0.05) is 45.2 Å². The highest BCUT2D eigenvalue weighted by atomic mass is 19.4. The number of nitrogens with zero attached hydrogens (tertiary/aromatic N) is 3. The van der Waals surface area contributed by atoms with Gasteiger partial charge >= 0.3 is 24.5 Å². The van der Waals surface area contributed by atoms with Gasteiger partial charge in [-0.25, -0.2) is 15.1 Å². The summed E-state index contributed by atoms with van der Waals surface area (Å²) in [5.74, 6) is -5.26. The molecule has 2 fully saturated rings. The Hall–Kier alpha value is -6.77. The predicted molar refractivity (Wildman–Crippen MR) is 258 cm³/mol. The second kappa shape index (κ2) is 25.4. The van der Waals surface area contributed by atoms with Crippen molar-refractivity contribution in [2.45, 2.75) is 141 Å². The fourth-order valence-corrected chi connectivity index (χ4v) is 7.36. The molecule has 0 aromatic heterocycles. The number of benzene rings is 2. The number of anilines is 4. The Labute approximate surface area is 423 Å². The molecule has 2 heterocycles. The lowest BCUT2D eigenvalue weighted by molar-refractivity contribution is -0.138. The first-order valence-electron chi connectivity index (χ1n) is 23.8. The average molecular weight is 1060 g/mol. The van der Waals surface area contributed by atoms with Crippen molar-refractivity contribution >= 4 is 64.3 Å². The number of ether oxygens (including phenoxy) is 4. The first-order chi connectivity index (χ1) is 34.4. The highest BCUT2D eigenvalue weighted by Crippen LogP contribution is 2.44. The van der Waals surface area contributed by atoms with Crippen LogP contribution in [0.25, 0.3) is 0 Å². The van der Waals surface area contributed by atoms with Gasteiger partial charge in [-0.3, -0.25) is 24.6 Å². The molecule has 74 heavy (non-hydrogen) atoms. The molecule has 2 aromatic rings. The van der Waals surface area contributed by atoms with Gasteiger partial charge in [0.15, 0.2) is 17.5 Å². The van der Waals surface area contributed by atoms with E-state index in [0.717, 1.165) is 0 Å². The summed E-state index contributed by atoms with van der Waals surface area (Å²) in [5.41, 5.74) is 10.9. The summed E-state index contributed by atoms with van der Waals surface area (Å²) in [4.78, 5) is 82.0. The molecule has 410 valence electrons. The number of hydrogen-bond acceptors (Lipinski definition) is 15. The SMILES string of the molecule is CC(C)(C)OC(=O)N1CCC(Oc2c(NC(=O)CCCCN)cc(C(F)(F)F)cc2NC(=O)C(=N)CC(N=N)C(=O)Nc2cc(C(F)(F)F)cc(NC(=O)CCCCN)c2OC2CCN(C(=O)OC(C)(C)C)C2)C1. The van der Waals surface area contributed by atoms with Crippen LogP contribution in [0.1, 0.15) is 110 Å². The van der Waals surface area contributed by atoms with E-state index >= 15 is 0 Å². The molecule has 27 heteroatoms. The number of unbranched alkanes of at least 4 members (excludes halogenated alkanes) is 2. The van der Waals surface area contributed by atoms with Crippen molar-refractivity contribution in [1.82, 2.24) is 9.80 Å². The quantitative estimate of drug-likeness (QED) is 0.0255. The van der Waals surface area contributed by atoms with E-state index in [9.17, 15) is 55.1 Å². The predicted octanol–water partition coefficient (Wildman–Crippen LogP) is 8.02. The standard InChI is InChI=1S/C47H65F6N11O10/c1-44(2,3)73-42(69)63-17-13-28(24-63)71-38-31(58-36(65)11-7-9-15-54)19-26(46(48,49)50)21-33(38)60-40(67)30(56)23-35(62-57)41(68)61-34-22-27(47(51,52)53)20-32(59-37(66)12-8-10-16-55)39(34)72-29-14-18-64(25-29)43(70)74-45(4,5)6/h19-22,28-29,35,56-57H,7-18,23-25,54-55H2,1-6H3,(H,58,65)(H,59,66)(H,60,67)(H,61,68). The molecule has 2 saturated heterocycles. The third kappa shape index (κ3) is 18.3. The first kappa shape index (κ1) is 59.8. The highest BCUT2D eigenvalue weighted by molar-refractivity contribution is 6.42. The maximum absolute atomic E-state index is 14.5. The summed E-state index contributed by atoms with van der Waals surface area (Å²) in [6.07, 6.45) is -13.2. The Morgan fingerprint density at radius 2 is 1.03 bits per heavy atom. The van der Waals surface area contributed by atoms with E-state index in [4.69, 9.17) is 41.4 Å². The maximum Gasteiger partial charge on any atom is 0.416 e. The van der Waals surface area contributed by atoms with Crippen LogP contribution in [0.2, 0.25) is 0 Å². The van der Waals surface area contributed by atoms with E-state index in [1.165, 1.54) is 9.80 Å². The van der Waals surface area contributed by atoms with Crippen LogP contribution in [-0.2, 0) is 41.0 Å². The topological polar surface area (TPSA) is 306 Å². The van der Waals surface area contributed by atoms with Crippen LogP contribution in [-0.4, -0.2) is 120 Å². The number of carbonyl (C=O) groups excluding carboxylic acids is 6. The van der Waals surface area contributed by atoms with E-state index in [-0.39, 0.29) is 77.8 Å². The summed E-state index contributed by atoms with van der Waals surface area (Å²) in [6.45, 7) is 10.3. The van der Waals surface area contributed by atoms with Crippen LogP contribution in [0, 0.1) is 10.9 Å². The van der Waals surface area contributed by atoms with Crippen molar-refractivity contribution in [3.8, 4) is 11.5 Å². The summed E-state index contributed by atoms with van der Waals surface area (Å²) < 4.78 is 110. The van der Waals surface area contributed by atoms with Crippen LogP contribution in [0.5, 0.6) is 11.5 Å². The van der Waals surface area contributed by atoms with E-state index in [1.807, 2.05) is 0 Å². The number of alkyl halides is 6. The number of hydrogen-bond donors (Lipinski definition) is 8. The molecule has 0 aliphatic carbocycles. The number of likely N-dealkylation sites (tertiary alicyclic amines) is 2. The van der Waals surface area contributed by atoms with Crippen LogP contribution >= 0.6 is 0 Å². The summed E-state index contributed by atoms with van der Waals surface area (Å²) in [7, 11) is 0. The van der Waals surface area contributed by atoms with Gasteiger partial charge in [-0.15, -0.1) is 0 Å². The van der Waals surface area contributed by atoms with Crippen molar-refractivity contribution in [3.63, 3.8) is 0 Å². The van der Waals surface area contributed by atoms with Crippen molar-refractivity contribution in [3.05, 3.63) is 35.4 Å². The van der Waals surface area contributed by atoms with E-state index < -0.39 is 135 Å². The number of nitrogens with two attached hydrogens (primary N) is 2. The summed E-state index contributed by atoms with van der Waals surface area (Å²) >= 11 is 0. The molecule has 0 bridgehead atoms. The largest absolute Gasteiger partial charge is 0.484 e. The number of halogens is 6. The molecule has 2 aliphatic heterocycles. The molecular formula is C47H65F6N11O10. The molecule has 2 aromatic carbocycles. The Balaban J connectivity index is 1.68. The van der Waals surface area contributed by atoms with E-state index in [2.05, 4.69) is 26.4 Å². The molecule has 6 amide bonds. The second-order valence-corrected chi connectivity index (χ2v) is 19.6. The van der Waals surface area contributed by atoms with Gasteiger partial charge in [0.1, 0.15) is 23.4 Å². The van der Waals surface area contributed by atoms with Crippen molar-refractivity contribution in [2.75, 3.05) is 60.5 Å². The Kier molecular flexibility index (Phi) is 20.6. The van der Waals surface area contributed by atoms with Gasteiger partial charge in [0.25, 0.3) is 11.8 Å². The van der Waals surface area contributed by atoms with Gasteiger partial charge in [-0.05, 0) is 105 Å². The molecule has 0 saturated carbocycles. The fourth-order valence-electron chi connectivity index (χ4n) is 7.36. The maximum atomic E-state index is 14.5. The molecule has 0 spiro atoms. The minimum Gasteiger partial charge on any atom is -0.484 e. The third-order valence-electron chi connectivity index (χ3n) is 10.9. The number of amides is 6. The lowest BCUT2D eigenvalue weighted by atomic mass is 10.1. The smallest absolute Gasteiger partial charge is 0.416 e. The van der Waals surface area contributed by atoms with Crippen LogP contribution in [0.15, 0.2) is 29.4 Å². The van der Waals surface area contributed by atoms with Crippen molar-refractivity contribution < 1.29 is 74.1 Å². The zero-order valence-electron chi connectivity index (χ0n) is 42.0. The molecule has 4 rings (SSSR count). The van der Waals surface area contributed by atoms with Crippen LogP contribution < -0.4 is 42.2 Å².